The number of hydrogen-bond donors (Lipinski definition) is 0. The minimum absolute atomic E-state index is 0.308. The summed E-state index contributed by atoms with van der Waals surface area (Å²) < 4.78 is 5.03. The Morgan fingerprint density at radius 2 is 1.52 bits per heavy atom. The molecule has 0 saturated heterocycles. The van der Waals surface area contributed by atoms with E-state index in [0.717, 1.165) is 31.1 Å². The van der Waals surface area contributed by atoms with Crippen LogP contribution >= 0.6 is 0 Å². The van der Waals surface area contributed by atoms with Gasteiger partial charge in [-0.05, 0) is 72.6 Å². The summed E-state index contributed by atoms with van der Waals surface area (Å²) >= 11 is 0. The lowest BCUT2D eigenvalue weighted by atomic mass is 9.77. The second kappa shape index (κ2) is 12.5. The molecule has 1 saturated carbocycles. The zero-order valence-corrected chi connectivity index (χ0v) is 19.2. The van der Waals surface area contributed by atoms with Gasteiger partial charge in [0.15, 0.2) is 0 Å². The molecule has 31 heavy (non-hydrogen) atoms. The molecule has 2 aromatic carbocycles. The van der Waals surface area contributed by atoms with Crippen molar-refractivity contribution in [1.82, 2.24) is 0 Å². The van der Waals surface area contributed by atoms with Gasteiger partial charge < -0.3 is 4.74 Å². The average Bonchev–Trinajstić information content (AvgIpc) is 2.84. The Morgan fingerprint density at radius 3 is 2.13 bits per heavy atom. The molecule has 1 aliphatic rings. The third-order valence-electron chi connectivity index (χ3n) is 6.84. The van der Waals surface area contributed by atoms with Crippen LogP contribution in [0.1, 0.15) is 81.8 Å². The lowest BCUT2D eigenvalue weighted by Crippen LogP contribution is -2.13. The number of hydrogen-bond acceptors (Lipinski definition) is 2. The van der Waals surface area contributed by atoms with E-state index in [1.807, 2.05) is 0 Å². The third-order valence-corrected chi connectivity index (χ3v) is 6.84. The molecule has 0 N–H and O–H groups in total. The normalized spacial score (nSPS) is 18.5. The predicted molar refractivity (Wildman–Crippen MR) is 130 cm³/mol. The van der Waals surface area contributed by atoms with Crippen molar-refractivity contribution in [3.8, 4) is 11.1 Å². The molecular weight excluding hydrogens is 380 g/mol. The van der Waals surface area contributed by atoms with Gasteiger partial charge in [-0.25, -0.2) is 4.79 Å². The highest BCUT2D eigenvalue weighted by Gasteiger charge is 2.22. The van der Waals surface area contributed by atoms with Gasteiger partial charge in [-0.2, -0.15) is 0 Å². The molecule has 0 bridgehead atoms. The molecule has 0 heterocycles. The fourth-order valence-electron chi connectivity index (χ4n) is 4.79. The first-order chi connectivity index (χ1) is 15.2. The van der Waals surface area contributed by atoms with E-state index >= 15 is 0 Å². The van der Waals surface area contributed by atoms with Crippen LogP contribution in [0.2, 0.25) is 0 Å². The summed E-state index contributed by atoms with van der Waals surface area (Å²) in [6, 6.07) is 18.3. The molecule has 0 radical (unpaired) electrons. The molecule has 0 aliphatic heterocycles. The minimum Gasteiger partial charge on any atom is -0.463 e. The first kappa shape index (κ1) is 23.3. The smallest absolute Gasteiger partial charge is 0.330 e. The van der Waals surface area contributed by atoms with Crippen molar-refractivity contribution in [1.29, 1.82) is 0 Å². The quantitative estimate of drug-likeness (QED) is 0.211. The number of unbranched alkanes of at least 4 members (excludes halogenated alkanes) is 3. The van der Waals surface area contributed by atoms with Crippen LogP contribution in [0.25, 0.3) is 11.1 Å². The van der Waals surface area contributed by atoms with Crippen LogP contribution in [0.15, 0.2) is 61.2 Å². The number of carbonyl (C=O) groups is 1. The van der Waals surface area contributed by atoms with E-state index in [0.29, 0.717) is 6.61 Å². The molecule has 0 atom stereocenters. The van der Waals surface area contributed by atoms with Gasteiger partial charge in [-0.1, -0.05) is 87.7 Å². The number of aryl methyl sites for hydroxylation is 1. The lowest BCUT2D eigenvalue weighted by molar-refractivity contribution is -0.137. The largest absolute Gasteiger partial charge is 0.463 e. The van der Waals surface area contributed by atoms with Crippen LogP contribution in [0, 0.1) is 5.92 Å². The monoisotopic (exact) mass is 418 g/mol. The second-order valence-electron chi connectivity index (χ2n) is 8.96. The van der Waals surface area contributed by atoms with Crippen molar-refractivity contribution in [2.75, 3.05) is 6.61 Å². The van der Waals surface area contributed by atoms with Crippen LogP contribution in [0.3, 0.4) is 0 Å². The Balaban J connectivity index is 1.34. The minimum atomic E-state index is -0.308. The maximum Gasteiger partial charge on any atom is 0.330 e. The van der Waals surface area contributed by atoms with E-state index in [9.17, 15) is 4.79 Å². The lowest BCUT2D eigenvalue weighted by Gasteiger charge is -2.29. The summed E-state index contributed by atoms with van der Waals surface area (Å²) in [6.45, 7) is 6.14. The molecular formula is C29H38O2. The van der Waals surface area contributed by atoms with Crippen LogP contribution in [-0.4, -0.2) is 12.6 Å². The van der Waals surface area contributed by atoms with E-state index in [1.165, 1.54) is 73.3 Å². The molecule has 0 spiro atoms. The molecule has 1 fully saturated rings. The molecule has 0 aromatic heterocycles. The van der Waals surface area contributed by atoms with Gasteiger partial charge in [0.25, 0.3) is 0 Å². The van der Waals surface area contributed by atoms with Gasteiger partial charge in [0.05, 0.1) is 6.61 Å². The van der Waals surface area contributed by atoms with Crippen molar-refractivity contribution in [3.05, 3.63) is 72.3 Å². The van der Waals surface area contributed by atoms with Gasteiger partial charge in [-0.15, -0.1) is 0 Å². The maximum absolute atomic E-state index is 11.0. The molecule has 0 amide bonds. The first-order valence-electron chi connectivity index (χ1n) is 12.2. The molecule has 2 aromatic rings. The van der Waals surface area contributed by atoms with Gasteiger partial charge in [0, 0.05) is 6.08 Å². The maximum atomic E-state index is 11.0. The molecule has 2 nitrogen and oxygen atoms in total. The number of rotatable bonds is 11. The van der Waals surface area contributed by atoms with Crippen molar-refractivity contribution in [2.45, 2.75) is 77.0 Å². The summed E-state index contributed by atoms with van der Waals surface area (Å²) in [7, 11) is 0. The summed E-state index contributed by atoms with van der Waals surface area (Å²) in [6.07, 6.45) is 13.7. The van der Waals surface area contributed by atoms with Crippen LogP contribution in [0.5, 0.6) is 0 Å². The van der Waals surface area contributed by atoms with Crippen molar-refractivity contribution >= 4 is 5.97 Å². The van der Waals surface area contributed by atoms with Crippen LogP contribution in [-0.2, 0) is 16.0 Å². The first-order valence-corrected chi connectivity index (χ1v) is 12.2. The van der Waals surface area contributed by atoms with E-state index in [4.69, 9.17) is 4.74 Å². The highest BCUT2D eigenvalue weighted by molar-refractivity contribution is 5.81. The zero-order valence-electron chi connectivity index (χ0n) is 19.2. The summed E-state index contributed by atoms with van der Waals surface area (Å²) in [5.74, 6) is 1.32. The van der Waals surface area contributed by atoms with E-state index < -0.39 is 0 Å². The van der Waals surface area contributed by atoms with Crippen LogP contribution < -0.4 is 0 Å². The Labute approximate surface area is 188 Å². The van der Waals surface area contributed by atoms with Crippen molar-refractivity contribution in [3.63, 3.8) is 0 Å². The molecule has 0 unspecified atom stereocenters. The summed E-state index contributed by atoms with van der Waals surface area (Å²) in [4.78, 5) is 11.0. The van der Waals surface area contributed by atoms with Gasteiger partial charge >= 0.3 is 5.97 Å². The van der Waals surface area contributed by atoms with Crippen molar-refractivity contribution < 1.29 is 9.53 Å². The predicted octanol–water partition coefficient (Wildman–Crippen LogP) is 7.87. The number of carbonyl (C=O) groups excluding carboxylic acids is 1. The topological polar surface area (TPSA) is 26.3 Å². The SMILES string of the molecule is C=CC(=O)OCCCCCCC1CCC(c2ccc(-c3ccc(CC)cc3)cc2)CC1. The number of benzene rings is 2. The van der Waals surface area contributed by atoms with Crippen molar-refractivity contribution in [2.24, 2.45) is 5.92 Å². The Bertz CT molecular complexity index is 796. The standard InChI is InChI=1S/C29H38O2/c1-3-23-10-14-25(15-11-23)27-18-20-28(21-19-27)26-16-12-24(13-17-26)9-7-5-6-8-22-31-29(30)4-2/h4,10-11,14-15,18-21,24,26H,2-3,5-9,12-13,16-17,22H2,1H3. The highest BCUT2D eigenvalue weighted by atomic mass is 16.5. The molecule has 1 aliphatic carbocycles. The fourth-order valence-corrected chi connectivity index (χ4v) is 4.79. The molecule has 3 rings (SSSR count). The zero-order chi connectivity index (χ0) is 21.9. The average molecular weight is 419 g/mol. The van der Waals surface area contributed by atoms with Gasteiger partial charge in [0.1, 0.15) is 0 Å². The van der Waals surface area contributed by atoms with Crippen LogP contribution in [0.4, 0.5) is 0 Å². The number of ether oxygens (including phenoxy) is 1. The fraction of sp³-hybridized carbons (Fsp3) is 0.483. The number of esters is 1. The summed E-state index contributed by atoms with van der Waals surface area (Å²) in [5, 5.41) is 0. The second-order valence-corrected chi connectivity index (χ2v) is 8.96. The highest BCUT2D eigenvalue weighted by Crippen LogP contribution is 2.38. The molecule has 166 valence electrons. The Morgan fingerprint density at radius 1 is 0.903 bits per heavy atom. The van der Waals surface area contributed by atoms with Gasteiger partial charge in [0.2, 0.25) is 0 Å². The Kier molecular flexibility index (Phi) is 9.39. The van der Waals surface area contributed by atoms with E-state index in [2.05, 4.69) is 62.0 Å². The summed E-state index contributed by atoms with van der Waals surface area (Å²) in [5.41, 5.74) is 5.54. The van der Waals surface area contributed by atoms with E-state index in [-0.39, 0.29) is 5.97 Å². The van der Waals surface area contributed by atoms with Gasteiger partial charge in [-0.3, -0.25) is 0 Å². The Hall–Kier alpha value is -2.35. The molecule has 2 heteroatoms. The van der Waals surface area contributed by atoms with E-state index in [1.54, 1.807) is 0 Å². The third kappa shape index (κ3) is 7.38.